The van der Waals surface area contributed by atoms with Crippen LogP contribution in [0, 0.1) is 0 Å². The normalized spacial score (nSPS) is 12.6. The second-order valence-electron chi connectivity index (χ2n) is 4.36. The zero-order chi connectivity index (χ0) is 13.7. The molecule has 0 aliphatic carbocycles. The number of rotatable bonds is 6. The first-order valence-corrected chi connectivity index (χ1v) is 6.51. The molecule has 5 nitrogen and oxygen atoms in total. The summed E-state index contributed by atoms with van der Waals surface area (Å²) in [6.45, 7) is 1.23. The quantitative estimate of drug-likeness (QED) is 0.784. The molecular weight excluding hydrogens is 264 g/mol. The lowest BCUT2D eigenvalue weighted by Crippen LogP contribution is -2.24. The zero-order valence-corrected chi connectivity index (χ0v) is 11.5. The summed E-state index contributed by atoms with van der Waals surface area (Å²) in [6, 6.07) is 7.21. The molecule has 1 aromatic heterocycles. The summed E-state index contributed by atoms with van der Waals surface area (Å²) in [6.07, 6.45) is 1.89. The van der Waals surface area contributed by atoms with Crippen LogP contribution in [0.25, 0.3) is 0 Å². The molecule has 0 saturated heterocycles. The van der Waals surface area contributed by atoms with Crippen molar-refractivity contribution in [1.29, 1.82) is 0 Å². The summed E-state index contributed by atoms with van der Waals surface area (Å²) in [5, 5.41) is 18.0. The van der Waals surface area contributed by atoms with Crippen molar-refractivity contribution < 1.29 is 5.11 Å². The zero-order valence-electron chi connectivity index (χ0n) is 10.8. The number of nitrogens with zero attached hydrogens (tertiary/aromatic N) is 3. The van der Waals surface area contributed by atoms with E-state index in [-0.39, 0.29) is 0 Å². The van der Waals surface area contributed by atoms with E-state index in [1.807, 2.05) is 19.2 Å². The molecule has 0 saturated carbocycles. The smallest absolute Gasteiger partial charge is 0.151 e. The molecule has 0 aliphatic heterocycles. The van der Waals surface area contributed by atoms with Crippen LogP contribution >= 0.6 is 11.6 Å². The van der Waals surface area contributed by atoms with Crippen LogP contribution in [0.3, 0.4) is 0 Å². The number of aryl methyl sites for hydroxylation is 1. The average molecular weight is 281 g/mol. The molecule has 0 radical (unpaired) electrons. The van der Waals surface area contributed by atoms with Gasteiger partial charge >= 0.3 is 0 Å². The summed E-state index contributed by atoms with van der Waals surface area (Å²) < 4.78 is 1.68. The van der Waals surface area contributed by atoms with E-state index in [2.05, 4.69) is 15.4 Å². The molecule has 2 aromatic rings. The van der Waals surface area contributed by atoms with Crippen molar-refractivity contribution in [2.45, 2.75) is 12.5 Å². The monoisotopic (exact) mass is 280 g/mol. The van der Waals surface area contributed by atoms with Crippen molar-refractivity contribution in [3.05, 3.63) is 47.0 Å². The van der Waals surface area contributed by atoms with Crippen LogP contribution in [0.5, 0.6) is 0 Å². The number of nitrogens with one attached hydrogen (secondary N) is 1. The summed E-state index contributed by atoms with van der Waals surface area (Å²) in [5.74, 6) is 0.802. The van der Waals surface area contributed by atoms with E-state index in [4.69, 9.17) is 11.6 Å². The van der Waals surface area contributed by atoms with Crippen molar-refractivity contribution >= 4 is 11.6 Å². The molecule has 102 valence electrons. The lowest BCUT2D eigenvalue weighted by Gasteiger charge is -2.11. The fourth-order valence-electron chi connectivity index (χ4n) is 1.74. The van der Waals surface area contributed by atoms with Crippen molar-refractivity contribution in [2.24, 2.45) is 7.05 Å². The van der Waals surface area contributed by atoms with Crippen molar-refractivity contribution in [3.63, 3.8) is 0 Å². The van der Waals surface area contributed by atoms with Crippen molar-refractivity contribution in [2.75, 3.05) is 13.1 Å². The Bertz CT molecular complexity index is 512. The first-order chi connectivity index (χ1) is 9.15. The Kier molecular flexibility index (Phi) is 4.90. The van der Waals surface area contributed by atoms with Crippen molar-refractivity contribution in [3.8, 4) is 0 Å². The molecule has 0 aliphatic rings. The minimum Gasteiger partial charge on any atom is -0.387 e. The maximum atomic E-state index is 9.97. The summed E-state index contributed by atoms with van der Waals surface area (Å²) >= 11 is 5.80. The number of aromatic nitrogens is 3. The molecule has 0 spiro atoms. The molecule has 0 fully saturated rings. The van der Waals surface area contributed by atoms with E-state index in [1.165, 1.54) is 0 Å². The Hall–Kier alpha value is -1.43. The second kappa shape index (κ2) is 6.65. The van der Waals surface area contributed by atoms with Gasteiger partial charge in [-0.3, -0.25) is 4.68 Å². The van der Waals surface area contributed by atoms with Crippen LogP contribution in [0.2, 0.25) is 5.02 Å². The Balaban J connectivity index is 1.72. The Morgan fingerprint density at radius 2 is 2.11 bits per heavy atom. The second-order valence-corrected chi connectivity index (χ2v) is 4.79. The molecule has 1 atom stereocenters. The van der Waals surface area contributed by atoms with Gasteiger partial charge in [-0.25, -0.2) is 4.98 Å². The Labute approximate surface area is 117 Å². The predicted octanol–water partition coefficient (Wildman–Crippen LogP) is 1.33. The Morgan fingerprint density at radius 1 is 1.37 bits per heavy atom. The number of aliphatic hydroxyl groups excluding tert-OH is 1. The minimum atomic E-state index is -0.533. The van der Waals surface area contributed by atoms with E-state index in [9.17, 15) is 5.11 Å². The minimum absolute atomic E-state index is 0.495. The molecule has 0 amide bonds. The third kappa shape index (κ3) is 4.31. The van der Waals surface area contributed by atoms with Gasteiger partial charge in [0.1, 0.15) is 6.33 Å². The fraction of sp³-hybridized carbons (Fsp3) is 0.385. The van der Waals surface area contributed by atoms with Crippen molar-refractivity contribution in [1.82, 2.24) is 20.1 Å². The molecule has 0 bridgehead atoms. The number of halogens is 1. The van der Waals surface area contributed by atoms with Gasteiger partial charge in [-0.2, -0.15) is 5.10 Å². The highest BCUT2D eigenvalue weighted by Crippen LogP contribution is 2.15. The highest BCUT2D eigenvalue weighted by molar-refractivity contribution is 6.30. The SMILES string of the molecule is Cn1cnc(CCNCC(O)c2ccc(Cl)cc2)n1. The van der Waals surface area contributed by atoms with Crippen LogP contribution in [-0.2, 0) is 13.5 Å². The number of aliphatic hydroxyl groups is 1. The summed E-state index contributed by atoms with van der Waals surface area (Å²) in [7, 11) is 1.84. The molecular formula is C13H17ClN4O. The van der Waals surface area contributed by atoms with Gasteiger partial charge in [0.25, 0.3) is 0 Å². The van der Waals surface area contributed by atoms with Gasteiger partial charge in [-0.05, 0) is 17.7 Å². The van der Waals surface area contributed by atoms with E-state index in [0.717, 1.165) is 24.4 Å². The number of hydrogen-bond acceptors (Lipinski definition) is 4. The van der Waals surface area contributed by atoms with Crippen LogP contribution < -0.4 is 5.32 Å². The van der Waals surface area contributed by atoms with Gasteiger partial charge in [0.2, 0.25) is 0 Å². The van der Waals surface area contributed by atoms with Gasteiger partial charge in [-0.1, -0.05) is 23.7 Å². The first-order valence-electron chi connectivity index (χ1n) is 6.14. The standard InChI is InChI=1S/C13H17ClN4O/c1-18-9-16-13(17-18)6-7-15-8-12(19)10-2-4-11(14)5-3-10/h2-5,9,12,15,19H,6-8H2,1H3. The van der Waals surface area contributed by atoms with E-state index in [0.29, 0.717) is 11.6 Å². The lowest BCUT2D eigenvalue weighted by molar-refractivity contribution is 0.175. The maximum absolute atomic E-state index is 9.97. The predicted molar refractivity (Wildman–Crippen MR) is 74.0 cm³/mol. The molecule has 19 heavy (non-hydrogen) atoms. The third-order valence-electron chi connectivity index (χ3n) is 2.76. The largest absolute Gasteiger partial charge is 0.387 e. The molecule has 1 unspecified atom stereocenters. The van der Waals surface area contributed by atoms with E-state index < -0.39 is 6.10 Å². The van der Waals surface area contributed by atoms with Gasteiger partial charge in [0.05, 0.1) is 6.10 Å². The molecule has 1 heterocycles. The molecule has 2 rings (SSSR count). The topological polar surface area (TPSA) is 63.0 Å². The molecule has 6 heteroatoms. The molecule has 1 aromatic carbocycles. The van der Waals surface area contributed by atoms with Crippen LogP contribution in [0.4, 0.5) is 0 Å². The van der Waals surface area contributed by atoms with Crippen LogP contribution in [0.1, 0.15) is 17.5 Å². The van der Waals surface area contributed by atoms with Crippen LogP contribution in [0.15, 0.2) is 30.6 Å². The van der Waals surface area contributed by atoms with Gasteiger partial charge < -0.3 is 10.4 Å². The number of hydrogen-bond donors (Lipinski definition) is 2. The van der Waals surface area contributed by atoms with Crippen LogP contribution in [-0.4, -0.2) is 33.0 Å². The van der Waals surface area contributed by atoms with E-state index >= 15 is 0 Å². The summed E-state index contributed by atoms with van der Waals surface area (Å²) in [4.78, 5) is 4.13. The maximum Gasteiger partial charge on any atom is 0.151 e. The first kappa shape index (κ1) is 14.0. The van der Waals surface area contributed by atoms with Gasteiger partial charge in [0.15, 0.2) is 5.82 Å². The Morgan fingerprint density at radius 3 is 2.74 bits per heavy atom. The lowest BCUT2D eigenvalue weighted by atomic mass is 10.1. The highest BCUT2D eigenvalue weighted by atomic mass is 35.5. The highest BCUT2D eigenvalue weighted by Gasteiger charge is 2.06. The molecule has 2 N–H and O–H groups in total. The number of benzene rings is 1. The van der Waals surface area contributed by atoms with E-state index in [1.54, 1.807) is 23.1 Å². The summed E-state index contributed by atoms with van der Waals surface area (Å²) in [5.41, 5.74) is 0.855. The fourth-order valence-corrected chi connectivity index (χ4v) is 1.87. The van der Waals surface area contributed by atoms with Gasteiger partial charge in [0, 0.05) is 31.6 Å². The average Bonchev–Trinajstić information content (AvgIpc) is 2.81. The third-order valence-corrected chi connectivity index (χ3v) is 3.02. The van der Waals surface area contributed by atoms with Gasteiger partial charge in [-0.15, -0.1) is 0 Å².